The predicted octanol–water partition coefficient (Wildman–Crippen LogP) is 4.02. The zero-order valence-electron chi connectivity index (χ0n) is 16.6. The molecule has 0 aliphatic carbocycles. The fourth-order valence-corrected chi connectivity index (χ4v) is 3.53. The molecule has 0 spiro atoms. The molecule has 1 N–H and O–H groups in total. The maximum atomic E-state index is 13.0. The number of rotatable bonds is 4. The molecule has 1 saturated heterocycles. The molecule has 0 saturated carbocycles. The van der Waals surface area contributed by atoms with Crippen molar-refractivity contribution < 1.29 is 19.4 Å². The largest absolute Gasteiger partial charge is 0.507 e. The number of ketones is 1. The number of ether oxygens (including phenoxy) is 1. The van der Waals surface area contributed by atoms with Crippen LogP contribution in [0.3, 0.4) is 0 Å². The van der Waals surface area contributed by atoms with Gasteiger partial charge in [-0.25, -0.2) is 4.98 Å². The SMILES string of the molecule is COc1ccc(/C(O)=C2\C(=O)C(=O)N(c3ccccn3)[C@H]2c2ccc(C)cc2)cc1. The first-order valence-electron chi connectivity index (χ1n) is 9.44. The Morgan fingerprint density at radius 3 is 2.30 bits per heavy atom. The number of anilines is 1. The molecule has 3 aromatic rings. The Morgan fingerprint density at radius 2 is 1.70 bits per heavy atom. The van der Waals surface area contributed by atoms with E-state index in [-0.39, 0.29) is 11.3 Å². The quantitative estimate of drug-likeness (QED) is 0.406. The molecule has 30 heavy (non-hydrogen) atoms. The number of hydrogen-bond donors (Lipinski definition) is 1. The van der Waals surface area contributed by atoms with Crippen molar-refractivity contribution in [2.45, 2.75) is 13.0 Å². The van der Waals surface area contributed by atoms with E-state index >= 15 is 0 Å². The fourth-order valence-electron chi connectivity index (χ4n) is 3.53. The Bertz CT molecular complexity index is 1120. The number of aliphatic hydroxyl groups excluding tert-OH is 1. The van der Waals surface area contributed by atoms with E-state index in [1.165, 1.54) is 4.90 Å². The minimum absolute atomic E-state index is 0.0275. The molecule has 1 aromatic heterocycles. The van der Waals surface area contributed by atoms with Crippen LogP contribution >= 0.6 is 0 Å². The predicted molar refractivity (Wildman–Crippen MR) is 113 cm³/mol. The number of aliphatic hydroxyl groups is 1. The highest BCUT2D eigenvalue weighted by Gasteiger charge is 2.47. The van der Waals surface area contributed by atoms with Gasteiger partial charge >= 0.3 is 5.91 Å². The number of methoxy groups -OCH3 is 1. The second kappa shape index (κ2) is 7.83. The number of benzene rings is 2. The third-order valence-corrected chi connectivity index (χ3v) is 5.10. The summed E-state index contributed by atoms with van der Waals surface area (Å²) >= 11 is 0. The van der Waals surface area contributed by atoms with Crippen molar-refractivity contribution in [3.63, 3.8) is 0 Å². The Morgan fingerprint density at radius 1 is 1.00 bits per heavy atom. The number of Topliss-reactive ketones (excluding diaryl/α,β-unsaturated/α-hetero) is 1. The molecule has 6 nitrogen and oxygen atoms in total. The second-order valence-electron chi connectivity index (χ2n) is 7.00. The number of carbonyl (C=O) groups excluding carboxylic acids is 2. The van der Waals surface area contributed by atoms with Gasteiger partial charge in [-0.1, -0.05) is 35.9 Å². The maximum absolute atomic E-state index is 13.0. The van der Waals surface area contributed by atoms with Crippen LogP contribution in [0, 0.1) is 6.92 Å². The van der Waals surface area contributed by atoms with Gasteiger partial charge in [0.25, 0.3) is 5.78 Å². The van der Waals surface area contributed by atoms with Gasteiger partial charge in [0.05, 0.1) is 18.7 Å². The Hall–Kier alpha value is -3.93. The van der Waals surface area contributed by atoms with Gasteiger partial charge in [0, 0.05) is 11.8 Å². The van der Waals surface area contributed by atoms with Crippen molar-refractivity contribution in [1.29, 1.82) is 0 Å². The molecule has 1 atom stereocenters. The highest BCUT2D eigenvalue weighted by molar-refractivity contribution is 6.51. The molecule has 0 unspecified atom stereocenters. The van der Waals surface area contributed by atoms with E-state index in [0.29, 0.717) is 22.7 Å². The van der Waals surface area contributed by atoms with Crippen LogP contribution in [0.4, 0.5) is 5.82 Å². The summed E-state index contributed by atoms with van der Waals surface area (Å²) in [6.07, 6.45) is 1.56. The van der Waals surface area contributed by atoms with Gasteiger partial charge in [-0.15, -0.1) is 0 Å². The molecule has 0 radical (unpaired) electrons. The lowest BCUT2D eigenvalue weighted by Gasteiger charge is -2.24. The number of aromatic nitrogens is 1. The maximum Gasteiger partial charge on any atom is 0.301 e. The minimum atomic E-state index is -0.789. The van der Waals surface area contributed by atoms with Crippen LogP contribution in [0.2, 0.25) is 0 Å². The number of hydrogen-bond acceptors (Lipinski definition) is 5. The van der Waals surface area contributed by atoms with Crippen LogP contribution in [-0.2, 0) is 9.59 Å². The topological polar surface area (TPSA) is 79.7 Å². The summed E-state index contributed by atoms with van der Waals surface area (Å²) in [6.45, 7) is 1.96. The number of carbonyl (C=O) groups is 2. The number of nitrogens with zero attached hydrogens (tertiary/aromatic N) is 2. The Balaban J connectivity index is 1.91. The summed E-state index contributed by atoms with van der Waals surface area (Å²) in [5, 5.41) is 11.0. The first kappa shape index (κ1) is 19.4. The monoisotopic (exact) mass is 400 g/mol. The van der Waals surface area contributed by atoms with E-state index in [1.807, 2.05) is 31.2 Å². The summed E-state index contributed by atoms with van der Waals surface area (Å²) in [5.41, 5.74) is 2.20. The van der Waals surface area contributed by atoms with Crippen molar-refractivity contribution >= 4 is 23.3 Å². The molecule has 2 aromatic carbocycles. The van der Waals surface area contributed by atoms with Gasteiger partial charge in [-0.05, 0) is 48.9 Å². The van der Waals surface area contributed by atoms with Crippen LogP contribution in [-0.4, -0.2) is 28.9 Å². The highest BCUT2D eigenvalue weighted by atomic mass is 16.5. The van der Waals surface area contributed by atoms with Crippen molar-refractivity contribution in [2.75, 3.05) is 12.0 Å². The number of amides is 1. The van der Waals surface area contributed by atoms with Crippen molar-refractivity contribution in [1.82, 2.24) is 4.98 Å². The van der Waals surface area contributed by atoms with Crippen LogP contribution in [0.1, 0.15) is 22.7 Å². The lowest BCUT2D eigenvalue weighted by Crippen LogP contribution is -2.30. The smallest absolute Gasteiger partial charge is 0.301 e. The molecule has 150 valence electrons. The van der Waals surface area contributed by atoms with E-state index in [9.17, 15) is 14.7 Å². The van der Waals surface area contributed by atoms with Gasteiger partial charge in [-0.2, -0.15) is 0 Å². The molecule has 0 bridgehead atoms. The Labute approximate surface area is 174 Å². The lowest BCUT2D eigenvalue weighted by molar-refractivity contribution is -0.132. The first-order chi connectivity index (χ1) is 14.5. The van der Waals surface area contributed by atoms with Crippen molar-refractivity contribution in [3.05, 3.63) is 95.2 Å². The van der Waals surface area contributed by atoms with Gasteiger partial charge in [0.15, 0.2) is 0 Å². The summed E-state index contributed by atoms with van der Waals surface area (Å²) < 4.78 is 5.15. The van der Waals surface area contributed by atoms with Crippen LogP contribution in [0.15, 0.2) is 78.5 Å². The average Bonchev–Trinajstić information content (AvgIpc) is 3.05. The summed E-state index contributed by atoms with van der Waals surface area (Å²) in [4.78, 5) is 31.6. The van der Waals surface area contributed by atoms with Gasteiger partial charge < -0.3 is 9.84 Å². The van der Waals surface area contributed by atoms with E-state index in [0.717, 1.165) is 5.56 Å². The number of aryl methyl sites for hydroxylation is 1. The summed E-state index contributed by atoms with van der Waals surface area (Å²) in [7, 11) is 1.55. The first-order valence-corrected chi connectivity index (χ1v) is 9.44. The average molecular weight is 400 g/mol. The van der Waals surface area contributed by atoms with Crippen LogP contribution < -0.4 is 9.64 Å². The van der Waals surface area contributed by atoms with E-state index < -0.39 is 17.7 Å². The molecule has 2 heterocycles. The van der Waals surface area contributed by atoms with E-state index in [2.05, 4.69) is 4.98 Å². The molecule has 1 aliphatic rings. The second-order valence-corrected chi connectivity index (χ2v) is 7.00. The molecular formula is C24H20N2O4. The zero-order valence-corrected chi connectivity index (χ0v) is 16.6. The van der Waals surface area contributed by atoms with Crippen LogP contribution in [0.25, 0.3) is 5.76 Å². The summed E-state index contributed by atoms with van der Waals surface area (Å²) in [5.74, 6) is -0.747. The normalized spacial score (nSPS) is 17.9. The standard InChI is InChI=1S/C24H20N2O4/c1-15-6-8-16(9-7-15)21-20(22(27)17-10-12-18(30-2)13-11-17)23(28)24(29)26(21)19-5-3-4-14-25-19/h3-14,21,27H,1-2H3/b22-20+/t21-/m0/s1. The fraction of sp³-hybridized carbons (Fsp3) is 0.125. The molecule has 1 amide bonds. The van der Waals surface area contributed by atoms with E-state index in [1.54, 1.807) is 55.8 Å². The van der Waals surface area contributed by atoms with Gasteiger partial charge in [0.1, 0.15) is 17.3 Å². The van der Waals surface area contributed by atoms with Crippen molar-refractivity contribution in [2.24, 2.45) is 0 Å². The van der Waals surface area contributed by atoms with E-state index in [4.69, 9.17) is 4.74 Å². The Kier molecular flexibility index (Phi) is 5.06. The summed E-state index contributed by atoms with van der Waals surface area (Å²) in [6, 6.07) is 18.5. The third-order valence-electron chi connectivity index (χ3n) is 5.10. The van der Waals surface area contributed by atoms with Crippen LogP contribution in [0.5, 0.6) is 5.75 Å². The van der Waals surface area contributed by atoms with Gasteiger partial charge in [0.2, 0.25) is 0 Å². The number of pyridine rings is 1. The molecular weight excluding hydrogens is 380 g/mol. The third kappa shape index (κ3) is 3.33. The molecule has 1 aliphatic heterocycles. The zero-order chi connectivity index (χ0) is 21.3. The lowest BCUT2D eigenvalue weighted by atomic mass is 9.94. The molecule has 4 rings (SSSR count). The molecule has 1 fully saturated rings. The van der Waals surface area contributed by atoms with Gasteiger partial charge in [-0.3, -0.25) is 14.5 Å². The minimum Gasteiger partial charge on any atom is -0.507 e. The highest BCUT2D eigenvalue weighted by Crippen LogP contribution is 2.41. The molecule has 6 heteroatoms. The van der Waals surface area contributed by atoms with Crippen molar-refractivity contribution in [3.8, 4) is 5.75 Å².